The lowest BCUT2D eigenvalue weighted by atomic mass is 10.1. The molecule has 0 unspecified atom stereocenters. The van der Waals surface area contributed by atoms with Crippen LogP contribution >= 0.6 is 0 Å². The Labute approximate surface area is 122 Å². The number of nitrogens with one attached hydrogen (secondary N) is 1. The second-order valence-corrected chi connectivity index (χ2v) is 4.99. The van der Waals surface area contributed by atoms with Crippen molar-refractivity contribution >= 4 is 28.6 Å². The van der Waals surface area contributed by atoms with Crippen molar-refractivity contribution in [1.82, 2.24) is 10.3 Å². The van der Waals surface area contributed by atoms with Gasteiger partial charge in [0.1, 0.15) is 0 Å². The van der Waals surface area contributed by atoms with E-state index >= 15 is 0 Å². The monoisotopic (exact) mass is 272 g/mol. The minimum atomic E-state index is -0.0577. The van der Waals surface area contributed by atoms with E-state index in [1.54, 1.807) is 0 Å². The van der Waals surface area contributed by atoms with E-state index < -0.39 is 0 Å². The summed E-state index contributed by atoms with van der Waals surface area (Å²) in [6.45, 7) is 0. The molecule has 3 heteroatoms. The number of benzene rings is 2. The summed E-state index contributed by atoms with van der Waals surface area (Å²) in [4.78, 5) is 16.5. The average molecular weight is 272 g/mol. The van der Waals surface area contributed by atoms with Crippen LogP contribution in [0.2, 0.25) is 0 Å². The van der Waals surface area contributed by atoms with E-state index in [0.717, 1.165) is 27.9 Å². The van der Waals surface area contributed by atoms with Gasteiger partial charge in [0.15, 0.2) is 0 Å². The van der Waals surface area contributed by atoms with Crippen molar-refractivity contribution in [3.8, 4) is 0 Å². The first-order valence-corrected chi connectivity index (χ1v) is 6.79. The minimum Gasteiger partial charge on any atom is -0.321 e. The first kappa shape index (κ1) is 11.9. The summed E-state index contributed by atoms with van der Waals surface area (Å²) in [5.41, 5.74) is 4.23. The van der Waals surface area contributed by atoms with Crippen LogP contribution in [-0.2, 0) is 0 Å². The molecular formula is C18H12N2O. The number of para-hydroxylation sites is 1. The van der Waals surface area contributed by atoms with Crippen LogP contribution < -0.4 is 5.32 Å². The number of aromatic nitrogens is 1. The Balaban J connectivity index is 1.82. The van der Waals surface area contributed by atoms with E-state index in [-0.39, 0.29) is 5.91 Å². The third-order valence-electron chi connectivity index (χ3n) is 3.62. The maximum atomic E-state index is 11.9. The number of fused-ring (bicyclic) bond motifs is 2. The highest BCUT2D eigenvalue weighted by Crippen LogP contribution is 2.25. The lowest BCUT2D eigenvalue weighted by Crippen LogP contribution is -2.11. The van der Waals surface area contributed by atoms with E-state index in [1.807, 2.05) is 66.7 Å². The molecule has 0 radical (unpaired) electrons. The first-order valence-electron chi connectivity index (χ1n) is 6.79. The SMILES string of the molecule is O=C1NC(=Cc2ccc3ccccc3n2)c2ccccc21. The summed E-state index contributed by atoms with van der Waals surface area (Å²) < 4.78 is 0. The van der Waals surface area contributed by atoms with Crippen molar-refractivity contribution in [2.75, 3.05) is 0 Å². The number of hydrogen-bond donors (Lipinski definition) is 1. The maximum absolute atomic E-state index is 11.9. The number of carbonyl (C=O) groups excluding carboxylic acids is 1. The Kier molecular flexibility index (Phi) is 2.57. The predicted molar refractivity (Wildman–Crippen MR) is 83.5 cm³/mol. The van der Waals surface area contributed by atoms with Crippen molar-refractivity contribution in [3.05, 3.63) is 77.5 Å². The van der Waals surface area contributed by atoms with Gasteiger partial charge in [0.2, 0.25) is 0 Å². The van der Waals surface area contributed by atoms with Crippen molar-refractivity contribution in [2.24, 2.45) is 0 Å². The normalized spacial score (nSPS) is 15.2. The van der Waals surface area contributed by atoms with Gasteiger partial charge in [-0.1, -0.05) is 42.5 Å². The number of nitrogens with zero attached hydrogens (tertiary/aromatic N) is 1. The van der Waals surface area contributed by atoms with E-state index in [4.69, 9.17) is 0 Å². The molecule has 0 saturated heterocycles. The molecule has 1 aliphatic rings. The van der Waals surface area contributed by atoms with Gasteiger partial charge in [-0.3, -0.25) is 4.79 Å². The molecule has 0 saturated carbocycles. The molecule has 21 heavy (non-hydrogen) atoms. The van der Waals surface area contributed by atoms with Gasteiger partial charge in [0.05, 0.1) is 16.9 Å². The van der Waals surface area contributed by atoms with Gasteiger partial charge in [-0.25, -0.2) is 4.98 Å². The van der Waals surface area contributed by atoms with Crippen LogP contribution in [-0.4, -0.2) is 10.9 Å². The van der Waals surface area contributed by atoms with Gasteiger partial charge in [-0.2, -0.15) is 0 Å². The Morgan fingerprint density at radius 1 is 0.857 bits per heavy atom. The Morgan fingerprint density at radius 3 is 2.52 bits per heavy atom. The van der Waals surface area contributed by atoms with Gasteiger partial charge >= 0.3 is 0 Å². The second kappa shape index (κ2) is 4.56. The van der Waals surface area contributed by atoms with Crippen LogP contribution in [0.3, 0.4) is 0 Å². The standard InChI is InChI=1S/C18H12N2O/c21-18-15-7-3-2-6-14(15)17(20-18)11-13-10-9-12-5-1-4-8-16(12)19-13/h1-11H,(H,20,21). The van der Waals surface area contributed by atoms with Crippen LogP contribution in [0, 0.1) is 0 Å². The molecule has 0 fully saturated rings. The highest BCUT2D eigenvalue weighted by atomic mass is 16.1. The molecule has 2 aromatic carbocycles. The minimum absolute atomic E-state index is 0.0577. The van der Waals surface area contributed by atoms with Crippen LogP contribution in [0.1, 0.15) is 21.6 Å². The molecule has 1 N–H and O–H groups in total. The fraction of sp³-hybridized carbons (Fsp3) is 0. The highest BCUT2D eigenvalue weighted by Gasteiger charge is 2.22. The average Bonchev–Trinajstić information content (AvgIpc) is 2.84. The molecule has 2 heterocycles. The summed E-state index contributed by atoms with van der Waals surface area (Å²) in [5.74, 6) is -0.0577. The molecule has 100 valence electrons. The summed E-state index contributed by atoms with van der Waals surface area (Å²) >= 11 is 0. The number of hydrogen-bond acceptors (Lipinski definition) is 2. The summed E-state index contributed by atoms with van der Waals surface area (Å²) in [7, 11) is 0. The zero-order chi connectivity index (χ0) is 14.2. The zero-order valence-corrected chi connectivity index (χ0v) is 11.2. The van der Waals surface area contributed by atoms with Crippen molar-refractivity contribution in [1.29, 1.82) is 0 Å². The number of pyridine rings is 1. The molecule has 1 aliphatic heterocycles. The van der Waals surface area contributed by atoms with Crippen LogP contribution in [0.5, 0.6) is 0 Å². The van der Waals surface area contributed by atoms with Crippen LogP contribution in [0.15, 0.2) is 60.7 Å². The second-order valence-electron chi connectivity index (χ2n) is 4.99. The predicted octanol–water partition coefficient (Wildman–Crippen LogP) is 3.48. The molecule has 0 aliphatic carbocycles. The molecule has 0 atom stereocenters. The number of carbonyl (C=O) groups is 1. The van der Waals surface area contributed by atoms with Crippen molar-refractivity contribution in [2.45, 2.75) is 0 Å². The fourth-order valence-electron chi connectivity index (χ4n) is 2.60. The highest BCUT2D eigenvalue weighted by molar-refractivity contribution is 6.11. The van der Waals surface area contributed by atoms with Gasteiger partial charge in [0, 0.05) is 16.5 Å². The lowest BCUT2D eigenvalue weighted by molar-refractivity contribution is 0.0981. The van der Waals surface area contributed by atoms with E-state index in [1.165, 1.54) is 0 Å². The quantitative estimate of drug-likeness (QED) is 0.737. The molecular weight excluding hydrogens is 260 g/mol. The van der Waals surface area contributed by atoms with E-state index in [2.05, 4.69) is 10.3 Å². The van der Waals surface area contributed by atoms with E-state index in [9.17, 15) is 4.79 Å². The van der Waals surface area contributed by atoms with Crippen LogP contribution in [0.25, 0.3) is 22.7 Å². The van der Waals surface area contributed by atoms with Crippen molar-refractivity contribution in [3.63, 3.8) is 0 Å². The Bertz CT molecular complexity index is 896. The summed E-state index contributed by atoms with van der Waals surface area (Å²) in [6.07, 6.45) is 1.91. The molecule has 3 aromatic rings. The molecule has 3 nitrogen and oxygen atoms in total. The smallest absolute Gasteiger partial charge is 0.256 e. The summed E-state index contributed by atoms with van der Waals surface area (Å²) in [5, 5.41) is 4.00. The lowest BCUT2D eigenvalue weighted by Gasteiger charge is -2.02. The number of rotatable bonds is 1. The Hall–Kier alpha value is -2.94. The molecule has 1 aromatic heterocycles. The Morgan fingerprint density at radius 2 is 1.62 bits per heavy atom. The topological polar surface area (TPSA) is 42.0 Å². The van der Waals surface area contributed by atoms with Gasteiger partial charge in [0.25, 0.3) is 5.91 Å². The van der Waals surface area contributed by atoms with E-state index in [0.29, 0.717) is 5.56 Å². The molecule has 4 rings (SSSR count). The maximum Gasteiger partial charge on any atom is 0.256 e. The third kappa shape index (κ3) is 1.99. The van der Waals surface area contributed by atoms with Gasteiger partial charge < -0.3 is 5.32 Å². The molecule has 1 amide bonds. The van der Waals surface area contributed by atoms with Crippen molar-refractivity contribution < 1.29 is 4.79 Å². The van der Waals surface area contributed by atoms with Gasteiger partial charge in [-0.15, -0.1) is 0 Å². The summed E-state index contributed by atoms with van der Waals surface area (Å²) in [6, 6.07) is 19.6. The molecule has 0 spiro atoms. The first-order chi connectivity index (χ1) is 10.3. The fourth-order valence-corrected chi connectivity index (χ4v) is 2.60. The number of amides is 1. The largest absolute Gasteiger partial charge is 0.321 e. The van der Waals surface area contributed by atoms with Crippen LogP contribution in [0.4, 0.5) is 0 Å². The molecule has 0 bridgehead atoms. The third-order valence-corrected chi connectivity index (χ3v) is 3.62. The zero-order valence-electron chi connectivity index (χ0n) is 11.2. The van der Waals surface area contributed by atoms with Gasteiger partial charge in [-0.05, 0) is 24.3 Å².